The number of hydrogen-bond acceptors (Lipinski definition) is 4. The van der Waals surface area contributed by atoms with Crippen molar-refractivity contribution in [2.45, 2.75) is 51.9 Å². The Morgan fingerprint density at radius 2 is 1.92 bits per heavy atom. The van der Waals surface area contributed by atoms with Crippen LogP contribution in [0.4, 0.5) is 0 Å². The van der Waals surface area contributed by atoms with Gasteiger partial charge in [0.1, 0.15) is 5.52 Å². The van der Waals surface area contributed by atoms with E-state index in [0.29, 0.717) is 36.0 Å². The van der Waals surface area contributed by atoms with Gasteiger partial charge in [-0.3, -0.25) is 9.59 Å². The highest BCUT2D eigenvalue weighted by molar-refractivity contribution is 5.97. The highest BCUT2D eigenvalue weighted by Crippen LogP contribution is 2.28. The number of benzene rings is 2. The lowest BCUT2D eigenvalue weighted by Gasteiger charge is -2.34. The Bertz CT molecular complexity index is 1240. The van der Waals surface area contributed by atoms with Gasteiger partial charge < -0.3 is 14.6 Å². The predicted octanol–water partition coefficient (Wildman–Crippen LogP) is 5.99. The summed E-state index contributed by atoms with van der Waals surface area (Å²) in [6.07, 6.45) is 9.91. The van der Waals surface area contributed by atoms with E-state index in [1.807, 2.05) is 54.3 Å². The van der Waals surface area contributed by atoms with E-state index < -0.39 is 0 Å². The van der Waals surface area contributed by atoms with Crippen LogP contribution >= 0.6 is 0 Å². The number of rotatable bonds is 7. The summed E-state index contributed by atoms with van der Waals surface area (Å²) in [5.41, 5.74) is 4.36. The van der Waals surface area contributed by atoms with Crippen molar-refractivity contribution in [1.82, 2.24) is 15.2 Å². The Hall–Kier alpha value is -3.41. The minimum absolute atomic E-state index is 0.00544. The van der Waals surface area contributed by atoms with Gasteiger partial charge in [-0.25, -0.2) is 4.98 Å². The van der Waals surface area contributed by atoms with E-state index in [2.05, 4.69) is 16.4 Å². The largest absolute Gasteiger partial charge is 0.436 e. The summed E-state index contributed by atoms with van der Waals surface area (Å²) >= 11 is 0. The van der Waals surface area contributed by atoms with Crippen molar-refractivity contribution in [1.29, 1.82) is 0 Å². The summed E-state index contributed by atoms with van der Waals surface area (Å²) in [6.45, 7) is 4.08. The average molecular weight is 486 g/mol. The second-order valence-electron chi connectivity index (χ2n) is 10.1. The van der Waals surface area contributed by atoms with Gasteiger partial charge in [-0.2, -0.15) is 0 Å². The van der Waals surface area contributed by atoms with Crippen LogP contribution in [0.1, 0.15) is 62.2 Å². The third kappa shape index (κ3) is 5.53. The minimum Gasteiger partial charge on any atom is -0.436 e. The average Bonchev–Trinajstić information content (AvgIpc) is 3.37. The molecule has 1 aliphatic heterocycles. The molecule has 1 N–H and O–H groups in total. The third-order valence-corrected chi connectivity index (χ3v) is 7.73. The first-order valence-corrected chi connectivity index (χ1v) is 13.3. The van der Waals surface area contributed by atoms with Crippen molar-refractivity contribution in [3.63, 3.8) is 0 Å². The summed E-state index contributed by atoms with van der Waals surface area (Å²) in [5, 5.41) is 3.14. The molecular formula is C30H35N3O3. The standard InChI is InChI=1S/C30H35N3O3/c1-21(28(34)31-17-14-22-8-4-2-5-9-22)23-15-18-33(19-16-23)30(35)25-12-13-26-27(20-25)36-29(32-26)24-10-6-3-7-11-24/h3,6-8,10-13,20-21,23H,2,4-5,9,14-19H2,1H3,(H,31,34). The molecule has 1 aliphatic carbocycles. The first kappa shape index (κ1) is 24.3. The molecule has 3 aromatic rings. The van der Waals surface area contributed by atoms with Crippen LogP contribution in [0.5, 0.6) is 0 Å². The molecule has 0 radical (unpaired) electrons. The summed E-state index contributed by atoms with van der Waals surface area (Å²) in [7, 11) is 0. The Balaban J connectivity index is 1.14. The minimum atomic E-state index is -0.0375. The maximum atomic E-state index is 13.2. The molecule has 6 nitrogen and oxygen atoms in total. The maximum Gasteiger partial charge on any atom is 0.253 e. The van der Waals surface area contributed by atoms with Gasteiger partial charge >= 0.3 is 0 Å². The molecule has 1 aromatic heterocycles. The lowest BCUT2D eigenvalue weighted by atomic mass is 9.84. The smallest absolute Gasteiger partial charge is 0.253 e. The monoisotopic (exact) mass is 485 g/mol. The summed E-state index contributed by atoms with van der Waals surface area (Å²) in [4.78, 5) is 32.4. The molecule has 6 heteroatoms. The van der Waals surface area contributed by atoms with E-state index in [0.717, 1.165) is 36.9 Å². The fraction of sp³-hybridized carbons (Fsp3) is 0.433. The van der Waals surface area contributed by atoms with Gasteiger partial charge in [0.15, 0.2) is 5.58 Å². The number of amides is 2. The Morgan fingerprint density at radius 3 is 2.67 bits per heavy atom. The fourth-order valence-electron chi connectivity index (χ4n) is 5.40. The van der Waals surface area contributed by atoms with Crippen LogP contribution in [0, 0.1) is 11.8 Å². The van der Waals surface area contributed by atoms with Gasteiger partial charge in [0, 0.05) is 36.7 Å². The van der Waals surface area contributed by atoms with E-state index in [-0.39, 0.29) is 17.7 Å². The fourth-order valence-corrected chi connectivity index (χ4v) is 5.40. The molecule has 36 heavy (non-hydrogen) atoms. The van der Waals surface area contributed by atoms with Gasteiger partial charge in [-0.1, -0.05) is 36.8 Å². The van der Waals surface area contributed by atoms with Crippen molar-refractivity contribution in [3.8, 4) is 11.5 Å². The SMILES string of the molecule is CC(C(=O)NCCC1=CCCCC1)C1CCN(C(=O)c2ccc3nc(-c4ccccc4)oc3c2)CC1. The summed E-state index contributed by atoms with van der Waals surface area (Å²) < 4.78 is 5.95. The van der Waals surface area contributed by atoms with Crippen LogP contribution in [0.3, 0.4) is 0 Å². The number of fused-ring (bicyclic) bond motifs is 1. The number of carbonyl (C=O) groups is 2. The first-order chi connectivity index (χ1) is 17.6. The molecule has 1 unspecified atom stereocenters. The van der Waals surface area contributed by atoms with Gasteiger partial charge in [-0.05, 0) is 81.2 Å². The second-order valence-corrected chi connectivity index (χ2v) is 10.1. The molecule has 0 saturated carbocycles. The zero-order valence-corrected chi connectivity index (χ0v) is 21.0. The molecule has 5 rings (SSSR count). The second kappa shape index (κ2) is 11.1. The number of oxazole rings is 1. The molecule has 2 amide bonds. The van der Waals surface area contributed by atoms with E-state index in [1.165, 1.54) is 31.3 Å². The van der Waals surface area contributed by atoms with Gasteiger partial charge in [0.2, 0.25) is 11.8 Å². The van der Waals surface area contributed by atoms with E-state index in [4.69, 9.17) is 4.42 Å². The molecule has 1 atom stereocenters. The van der Waals surface area contributed by atoms with Gasteiger partial charge in [-0.15, -0.1) is 0 Å². The van der Waals surface area contributed by atoms with Crippen LogP contribution in [-0.2, 0) is 4.79 Å². The molecule has 0 bridgehead atoms. The third-order valence-electron chi connectivity index (χ3n) is 7.73. The van der Waals surface area contributed by atoms with Crippen molar-refractivity contribution in [2.24, 2.45) is 11.8 Å². The van der Waals surface area contributed by atoms with Gasteiger partial charge in [0.25, 0.3) is 5.91 Å². The zero-order valence-electron chi connectivity index (χ0n) is 21.0. The van der Waals surface area contributed by atoms with Crippen LogP contribution in [-0.4, -0.2) is 41.3 Å². The van der Waals surface area contributed by atoms with Crippen LogP contribution in [0.2, 0.25) is 0 Å². The number of nitrogens with zero attached hydrogens (tertiary/aromatic N) is 2. The molecule has 1 fully saturated rings. The maximum absolute atomic E-state index is 13.2. The molecule has 2 heterocycles. The number of carbonyl (C=O) groups excluding carboxylic acids is 2. The quantitative estimate of drug-likeness (QED) is 0.417. The van der Waals surface area contributed by atoms with Crippen LogP contribution < -0.4 is 5.32 Å². The Morgan fingerprint density at radius 1 is 1.11 bits per heavy atom. The lowest BCUT2D eigenvalue weighted by Crippen LogP contribution is -2.42. The van der Waals surface area contributed by atoms with Crippen LogP contribution in [0.25, 0.3) is 22.6 Å². The molecule has 2 aromatic carbocycles. The summed E-state index contributed by atoms with van der Waals surface area (Å²) in [5.74, 6) is 0.962. The molecule has 0 spiro atoms. The normalized spacial score (nSPS) is 17.6. The number of nitrogens with one attached hydrogen (secondary N) is 1. The highest BCUT2D eigenvalue weighted by Gasteiger charge is 2.30. The first-order valence-electron chi connectivity index (χ1n) is 13.3. The van der Waals surface area contributed by atoms with E-state index in [9.17, 15) is 9.59 Å². The zero-order chi connectivity index (χ0) is 24.9. The number of likely N-dealkylation sites (tertiary alicyclic amines) is 1. The number of piperidine rings is 1. The van der Waals surface area contributed by atoms with Gasteiger partial charge in [0.05, 0.1) is 0 Å². The van der Waals surface area contributed by atoms with Crippen molar-refractivity contribution in [3.05, 3.63) is 65.7 Å². The highest BCUT2D eigenvalue weighted by atomic mass is 16.3. The van der Waals surface area contributed by atoms with E-state index >= 15 is 0 Å². The molecule has 188 valence electrons. The van der Waals surface area contributed by atoms with Crippen LogP contribution in [0.15, 0.2) is 64.6 Å². The predicted molar refractivity (Wildman–Crippen MR) is 141 cm³/mol. The Labute approximate surface area is 212 Å². The Kier molecular flexibility index (Phi) is 7.49. The lowest BCUT2D eigenvalue weighted by molar-refractivity contribution is -0.126. The van der Waals surface area contributed by atoms with Crippen molar-refractivity contribution in [2.75, 3.05) is 19.6 Å². The van der Waals surface area contributed by atoms with E-state index in [1.54, 1.807) is 6.07 Å². The molecule has 1 saturated heterocycles. The number of allylic oxidation sites excluding steroid dienone is 1. The number of aromatic nitrogens is 1. The van der Waals surface area contributed by atoms with Crippen molar-refractivity contribution < 1.29 is 14.0 Å². The number of hydrogen-bond donors (Lipinski definition) is 1. The topological polar surface area (TPSA) is 75.4 Å². The van der Waals surface area contributed by atoms with Crippen molar-refractivity contribution >= 4 is 22.9 Å². The summed E-state index contributed by atoms with van der Waals surface area (Å²) in [6, 6.07) is 15.2. The molecule has 2 aliphatic rings. The molecular weight excluding hydrogens is 450 g/mol.